The molecular weight excluding hydrogens is 312 g/mol. The number of hydrogen-bond acceptors (Lipinski definition) is 3. The summed E-state index contributed by atoms with van der Waals surface area (Å²) in [5.74, 6) is 0.936. The Kier molecular flexibility index (Phi) is 8.80. The highest BCUT2D eigenvalue weighted by atomic mass is 15.3. The summed E-state index contributed by atoms with van der Waals surface area (Å²) in [5, 5.41) is 11.3. The van der Waals surface area contributed by atoms with Crippen molar-refractivity contribution in [2.45, 2.75) is 59.4 Å². The molecule has 1 aliphatic rings. The first-order valence-corrected chi connectivity index (χ1v) is 9.94. The van der Waals surface area contributed by atoms with Crippen molar-refractivity contribution in [3.8, 4) is 0 Å². The number of rotatable bonds is 8. The molecule has 2 heterocycles. The minimum atomic E-state index is 0.817. The number of guanidine groups is 1. The van der Waals surface area contributed by atoms with Gasteiger partial charge in [-0.1, -0.05) is 12.8 Å². The highest BCUT2D eigenvalue weighted by Gasteiger charge is 2.08. The zero-order chi connectivity index (χ0) is 17.9. The summed E-state index contributed by atoms with van der Waals surface area (Å²) in [4.78, 5) is 7.28. The van der Waals surface area contributed by atoms with Crippen LogP contribution in [0.1, 0.15) is 50.4 Å². The fraction of sp³-hybridized carbons (Fsp3) is 0.789. The molecule has 1 fully saturated rings. The fourth-order valence-corrected chi connectivity index (χ4v) is 3.35. The number of likely N-dealkylation sites (tertiary alicyclic amines) is 1. The van der Waals surface area contributed by atoms with Crippen molar-refractivity contribution in [2.24, 2.45) is 4.99 Å². The summed E-state index contributed by atoms with van der Waals surface area (Å²) in [6.07, 6.45) is 6.48. The van der Waals surface area contributed by atoms with E-state index in [1.54, 1.807) is 0 Å². The third-order valence-corrected chi connectivity index (χ3v) is 4.66. The molecule has 1 aromatic heterocycles. The van der Waals surface area contributed by atoms with Crippen LogP contribution in [0.25, 0.3) is 0 Å². The van der Waals surface area contributed by atoms with Gasteiger partial charge in [-0.3, -0.25) is 9.67 Å². The van der Waals surface area contributed by atoms with E-state index in [9.17, 15) is 0 Å². The fourth-order valence-electron chi connectivity index (χ4n) is 3.35. The number of aliphatic imine (C=N–C) groups is 1. The Bertz CT molecular complexity index is 514. The largest absolute Gasteiger partial charge is 0.357 e. The van der Waals surface area contributed by atoms with Crippen LogP contribution >= 0.6 is 0 Å². The van der Waals surface area contributed by atoms with Gasteiger partial charge in [0, 0.05) is 38.4 Å². The first kappa shape index (κ1) is 19.8. The quantitative estimate of drug-likeness (QED) is 0.430. The smallest absolute Gasteiger partial charge is 0.191 e. The zero-order valence-electron chi connectivity index (χ0n) is 16.4. The molecule has 0 aliphatic carbocycles. The van der Waals surface area contributed by atoms with E-state index in [-0.39, 0.29) is 0 Å². The number of nitrogens with zero attached hydrogens (tertiary/aromatic N) is 4. The van der Waals surface area contributed by atoms with Crippen LogP contribution in [0.15, 0.2) is 11.1 Å². The van der Waals surface area contributed by atoms with Gasteiger partial charge >= 0.3 is 0 Å². The first-order valence-electron chi connectivity index (χ1n) is 9.94. The predicted molar refractivity (Wildman–Crippen MR) is 105 cm³/mol. The van der Waals surface area contributed by atoms with Gasteiger partial charge in [-0.25, -0.2) is 0 Å². The van der Waals surface area contributed by atoms with E-state index in [4.69, 9.17) is 4.99 Å². The molecule has 0 radical (unpaired) electrons. The lowest BCUT2D eigenvalue weighted by atomic mass is 10.2. The van der Waals surface area contributed by atoms with Crippen LogP contribution in [0.3, 0.4) is 0 Å². The second-order valence-corrected chi connectivity index (χ2v) is 6.95. The first-order chi connectivity index (χ1) is 12.2. The van der Waals surface area contributed by atoms with E-state index < -0.39 is 0 Å². The Morgan fingerprint density at radius 1 is 1.12 bits per heavy atom. The molecular formula is C19H36N6. The second kappa shape index (κ2) is 11.1. The maximum atomic E-state index is 4.70. The van der Waals surface area contributed by atoms with Gasteiger partial charge in [-0.15, -0.1) is 0 Å². The summed E-state index contributed by atoms with van der Waals surface area (Å²) in [5.41, 5.74) is 2.31. The van der Waals surface area contributed by atoms with Crippen molar-refractivity contribution in [3.05, 3.63) is 17.5 Å². The van der Waals surface area contributed by atoms with Crippen molar-refractivity contribution < 1.29 is 0 Å². The Hall–Kier alpha value is -1.56. The third kappa shape index (κ3) is 7.46. The van der Waals surface area contributed by atoms with Crippen molar-refractivity contribution in [1.29, 1.82) is 0 Å². The molecule has 1 aliphatic heterocycles. The molecule has 142 valence electrons. The highest BCUT2D eigenvalue weighted by molar-refractivity contribution is 5.79. The predicted octanol–water partition coefficient (Wildman–Crippen LogP) is 2.32. The van der Waals surface area contributed by atoms with Crippen LogP contribution in [0.5, 0.6) is 0 Å². The molecule has 6 heteroatoms. The van der Waals surface area contributed by atoms with E-state index in [2.05, 4.69) is 45.2 Å². The van der Waals surface area contributed by atoms with Gasteiger partial charge in [0.2, 0.25) is 0 Å². The molecule has 0 spiro atoms. The van der Waals surface area contributed by atoms with E-state index in [0.717, 1.165) is 50.8 Å². The zero-order valence-corrected chi connectivity index (χ0v) is 16.4. The Labute approximate surface area is 153 Å². The summed E-state index contributed by atoms with van der Waals surface area (Å²) >= 11 is 0. The Morgan fingerprint density at radius 2 is 1.88 bits per heavy atom. The third-order valence-electron chi connectivity index (χ3n) is 4.66. The lowest BCUT2D eigenvalue weighted by molar-refractivity contribution is 0.289. The van der Waals surface area contributed by atoms with E-state index in [0.29, 0.717) is 0 Å². The number of aromatic nitrogens is 2. The average molecular weight is 349 g/mol. The molecule has 0 aromatic carbocycles. The van der Waals surface area contributed by atoms with Crippen LogP contribution < -0.4 is 10.6 Å². The van der Waals surface area contributed by atoms with Crippen molar-refractivity contribution in [2.75, 3.05) is 39.3 Å². The van der Waals surface area contributed by atoms with Crippen LogP contribution in [0, 0.1) is 13.8 Å². The van der Waals surface area contributed by atoms with E-state index in [1.807, 2.05) is 6.92 Å². The van der Waals surface area contributed by atoms with Gasteiger partial charge in [0.05, 0.1) is 5.69 Å². The molecule has 6 nitrogen and oxygen atoms in total. The van der Waals surface area contributed by atoms with Crippen LogP contribution in [0.2, 0.25) is 0 Å². The van der Waals surface area contributed by atoms with Gasteiger partial charge in [-0.05, 0) is 59.2 Å². The van der Waals surface area contributed by atoms with Crippen LogP contribution in [-0.4, -0.2) is 59.9 Å². The minimum absolute atomic E-state index is 0.817. The van der Waals surface area contributed by atoms with Crippen LogP contribution in [0.4, 0.5) is 0 Å². The van der Waals surface area contributed by atoms with Gasteiger partial charge in [-0.2, -0.15) is 5.10 Å². The van der Waals surface area contributed by atoms with Crippen molar-refractivity contribution in [3.63, 3.8) is 0 Å². The lowest BCUT2D eigenvalue weighted by Gasteiger charge is -2.20. The summed E-state index contributed by atoms with van der Waals surface area (Å²) in [6.45, 7) is 13.5. The molecule has 0 bridgehead atoms. The number of nitrogens with one attached hydrogen (secondary N) is 2. The Morgan fingerprint density at radius 3 is 2.52 bits per heavy atom. The molecule has 2 N–H and O–H groups in total. The monoisotopic (exact) mass is 348 g/mol. The van der Waals surface area contributed by atoms with E-state index in [1.165, 1.54) is 44.5 Å². The molecule has 0 saturated carbocycles. The standard InChI is InChI=1S/C19H36N6/c1-4-20-19(22-11-15-24-12-7-5-6-8-13-24)21-10-9-14-25-18(3)16-17(2)23-25/h16H,4-15H2,1-3H3,(H2,20,21,22). The SMILES string of the molecule is CCNC(=NCCCn1nc(C)cc1C)NCCN1CCCCCC1. The number of hydrogen-bond donors (Lipinski definition) is 2. The topological polar surface area (TPSA) is 57.5 Å². The molecule has 0 atom stereocenters. The van der Waals surface area contributed by atoms with Gasteiger partial charge < -0.3 is 15.5 Å². The summed E-state index contributed by atoms with van der Waals surface area (Å²) in [7, 11) is 0. The summed E-state index contributed by atoms with van der Waals surface area (Å²) < 4.78 is 2.07. The Balaban J connectivity index is 1.69. The normalized spacial score (nSPS) is 16.7. The maximum Gasteiger partial charge on any atom is 0.191 e. The molecule has 1 saturated heterocycles. The van der Waals surface area contributed by atoms with Crippen molar-refractivity contribution in [1.82, 2.24) is 25.3 Å². The number of aryl methyl sites for hydroxylation is 3. The maximum absolute atomic E-state index is 4.70. The van der Waals surface area contributed by atoms with Gasteiger partial charge in [0.25, 0.3) is 0 Å². The van der Waals surface area contributed by atoms with E-state index >= 15 is 0 Å². The average Bonchev–Trinajstić information content (AvgIpc) is 2.78. The minimum Gasteiger partial charge on any atom is -0.357 e. The molecule has 0 amide bonds. The van der Waals surface area contributed by atoms with Gasteiger partial charge in [0.1, 0.15) is 0 Å². The second-order valence-electron chi connectivity index (χ2n) is 6.95. The summed E-state index contributed by atoms with van der Waals surface area (Å²) in [6, 6.07) is 2.12. The molecule has 2 rings (SSSR count). The molecule has 25 heavy (non-hydrogen) atoms. The van der Waals surface area contributed by atoms with Crippen LogP contribution in [-0.2, 0) is 6.54 Å². The van der Waals surface area contributed by atoms with Crippen molar-refractivity contribution >= 4 is 5.96 Å². The lowest BCUT2D eigenvalue weighted by Crippen LogP contribution is -2.42. The molecule has 1 aromatic rings. The molecule has 0 unspecified atom stereocenters. The highest BCUT2D eigenvalue weighted by Crippen LogP contribution is 2.08. The van der Waals surface area contributed by atoms with Gasteiger partial charge in [0.15, 0.2) is 5.96 Å².